The number of hydrogen-bond acceptors (Lipinski definition) is 5. The molecule has 8 heteroatoms. The summed E-state index contributed by atoms with van der Waals surface area (Å²) in [6.45, 7) is 2.52. The van der Waals surface area contributed by atoms with E-state index in [0.717, 1.165) is 24.6 Å². The van der Waals surface area contributed by atoms with E-state index in [1.807, 2.05) is 6.92 Å². The van der Waals surface area contributed by atoms with Gasteiger partial charge in [-0.3, -0.25) is 10.1 Å². The van der Waals surface area contributed by atoms with Gasteiger partial charge in [-0.15, -0.1) is 11.8 Å². The topological polar surface area (TPSA) is 108 Å². The van der Waals surface area contributed by atoms with Crippen LogP contribution < -0.4 is 10.6 Å². The Morgan fingerprint density at radius 1 is 1.38 bits per heavy atom. The first-order valence-corrected chi connectivity index (χ1v) is 7.41. The molecule has 1 rings (SSSR count). The number of carbonyl (C=O) groups is 3. The Kier molecular flexibility index (Phi) is 7.24. The molecular weight excluding hydrogens is 294 g/mol. The number of rotatable bonds is 7. The summed E-state index contributed by atoms with van der Waals surface area (Å²) in [6.07, 6.45) is 3.17. The van der Waals surface area contributed by atoms with E-state index in [1.54, 1.807) is 6.07 Å². The average molecular weight is 311 g/mol. The van der Waals surface area contributed by atoms with E-state index in [0.29, 0.717) is 11.4 Å². The monoisotopic (exact) mass is 311 g/mol. The first kappa shape index (κ1) is 17.0. The fraction of sp³-hybridized carbons (Fsp3) is 0.385. The van der Waals surface area contributed by atoms with Crippen molar-refractivity contribution in [2.24, 2.45) is 0 Å². The molecule has 1 heterocycles. The van der Waals surface area contributed by atoms with Crippen molar-refractivity contribution < 1.29 is 19.5 Å². The maximum absolute atomic E-state index is 11.6. The summed E-state index contributed by atoms with van der Waals surface area (Å²) in [6, 6.07) is 2.46. The number of nitrogens with one attached hydrogen (secondary N) is 2. The number of carboxylic acid groups (broad SMARTS) is 1. The maximum atomic E-state index is 11.6. The number of imide groups is 1. The molecule has 1 aromatic heterocycles. The van der Waals surface area contributed by atoms with Gasteiger partial charge in [0.25, 0.3) is 0 Å². The third-order valence-electron chi connectivity index (χ3n) is 2.39. The Bertz CT molecular complexity index is 522. The SMILES string of the molecule is CCCCNC(=O)NC(=O)CSc1ccnc(C(=O)O)c1. The summed E-state index contributed by atoms with van der Waals surface area (Å²) in [5.41, 5.74) is -0.0854. The molecule has 7 nitrogen and oxygen atoms in total. The van der Waals surface area contributed by atoms with Crippen LogP contribution in [0.5, 0.6) is 0 Å². The number of nitrogens with zero attached hydrogens (tertiary/aromatic N) is 1. The third-order valence-corrected chi connectivity index (χ3v) is 3.38. The molecule has 0 aliphatic heterocycles. The second-order valence-electron chi connectivity index (χ2n) is 4.13. The van der Waals surface area contributed by atoms with Crippen molar-refractivity contribution >= 4 is 29.7 Å². The van der Waals surface area contributed by atoms with Crippen LogP contribution in [0, 0.1) is 0 Å². The maximum Gasteiger partial charge on any atom is 0.354 e. The smallest absolute Gasteiger partial charge is 0.354 e. The fourth-order valence-corrected chi connectivity index (χ4v) is 2.07. The summed E-state index contributed by atoms with van der Waals surface area (Å²) < 4.78 is 0. The van der Waals surface area contributed by atoms with Gasteiger partial charge in [0.05, 0.1) is 5.75 Å². The first-order valence-electron chi connectivity index (χ1n) is 6.42. The Morgan fingerprint density at radius 3 is 2.81 bits per heavy atom. The lowest BCUT2D eigenvalue weighted by Gasteiger charge is -2.06. The van der Waals surface area contributed by atoms with Crippen molar-refractivity contribution in [1.82, 2.24) is 15.6 Å². The molecule has 0 spiro atoms. The van der Waals surface area contributed by atoms with Crippen LogP contribution in [-0.2, 0) is 4.79 Å². The van der Waals surface area contributed by atoms with Crippen LogP contribution in [0.1, 0.15) is 30.3 Å². The lowest BCUT2D eigenvalue weighted by Crippen LogP contribution is -2.40. The summed E-state index contributed by atoms with van der Waals surface area (Å²) in [7, 11) is 0. The minimum Gasteiger partial charge on any atom is -0.477 e. The van der Waals surface area contributed by atoms with Crippen molar-refractivity contribution in [1.29, 1.82) is 0 Å². The number of aromatic nitrogens is 1. The number of unbranched alkanes of at least 4 members (excludes halogenated alkanes) is 1. The van der Waals surface area contributed by atoms with Crippen LogP contribution in [0.2, 0.25) is 0 Å². The normalized spacial score (nSPS) is 9.95. The van der Waals surface area contributed by atoms with Gasteiger partial charge in [-0.2, -0.15) is 0 Å². The minimum atomic E-state index is -1.13. The van der Waals surface area contributed by atoms with Crippen LogP contribution in [0.15, 0.2) is 23.2 Å². The fourth-order valence-electron chi connectivity index (χ4n) is 1.35. The third kappa shape index (κ3) is 6.75. The van der Waals surface area contributed by atoms with E-state index in [-0.39, 0.29) is 11.4 Å². The zero-order chi connectivity index (χ0) is 15.7. The van der Waals surface area contributed by atoms with Gasteiger partial charge in [-0.05, 0) is 18.6 Å². The summed E-state index contributed by atoms with van der Waals surface area (Å²) in [5.74, 6) is -1.55. The second kappa shape index (κ2) is 8.96. The molecule has 0 aliphatic rings. The summed E-state index contributed by atoms with van der Waals surface area (Å²) in [5, 5.41) is 13.6. The Labute approximate surface area is 126 Å². The van der Waals surface area contributed by atoms with Gasteiger partial charge in [0, 0.05) is 17.6 Å². The molecule has 0 aromatic carbocycles. The van der Waals surface area contributed by atoms with Gasteiger partial charge in [-0.1, -0.05) is 13.3 Å². The van der Waals surface area contributed by atoms with E-state index in [9.17, 15) is 14.4 Å². The lowest BCUT2D eigenvalue weighted by molar-refractivity contribution is -0.117. The number of pyridine rings is 1. The number of hydrogen-bond donors (Lipinski definition) is 3. The molecule has 0 aliphatic carbocycles. The molecule has 1 aromatic rings. The lowest BCUT2D eigenvalue weighted by atomic mass is 10.3. The van der Waals surface area contributed by atoms with Gasteiger partial charge in [0.2, 0.25) is 5.91 Å². The average Bonchev–Trinajstić information content (AvgIpc) is 2.45. The molecule has 21 heavy (non-hydrogen) atoms. The van der Waals surface area contributed by atoms with Gasteiger partial charge >= 0.3 is 12.0 Å². The Hall–Kier alpha value is -2.09. The number of thioether (sulfide) groups is 1. The molecular formula is C13H17N3O4S. The molecule has 3 N–H and O–H groups in total. The Morgan fingerprint density at radius 2 is 2.14 bits per heavy atom. The van der Waals surface area contributed by atoms with Gasteiger partial charge in [-0.25, -0.2) is 14.6 Å². The summed E-state index contributed by atoms with van der Waals surface area (Å²) in [4.78, 5) is 37.9. The number of amides is 3. The van der Waals surface area contributed by atoms with Crippen LogP contribution in [0.4, 0.5) is 4.79 Å². The van der Waals surface area contributed by atoms with Crippen molar-refractivity contribution in [3.8, 4) is 0 Å². The number of carbonyl (C=O) groups excluding carboxylic acids is 2. The Balaban J connectivity index is 2.37. The van der Waals surface area contributed by atoms with Crippen molar-refractivity contribution in [3.05, 3.63) is 24.0 Å². The molecule has 114 valence electrons. The van der Waals surface area contributed by atoms with E-state index >= 15 is 0 Å². The highest BCUT2D eigenvalue weighted by molar-refractivity contribution is 8.00. The van der Waals surface area contributed by atoms with Crippen molar-refractivity contribution in [3.63, 3.8) is 0 Å². The quantitative estimate of drug-likeness (QED) is 0.520. The molecule has 0 fully saturated rings. The van der Waals surface area contributed by atoms with Gasteiger partial charge < -0.3 is 10.4 Å². The number of aromatic carboxylic acids is 1. The molecule has 0 radical (unpaired) electrons. The molecule has 0 saturated heterocycles. The van der Waals surface area contributed by atoms with Crippen LogP contribution >= 0.6 is 11.8 Å². The number of urea groups is 1. The molecule has 0 atom stereocenters. The molecule has 0 saturated carbocycles. The minimum absolute atomic E-state index is 0.0181. The highest BCUT2D eigenvalue weighted by Gasteiger charge is 2.09. The van der Waals surface area contributed by atoms with E-state index in [4.69, 9.17) is 5.11 Å². The number of carboxylic acids is 1. The van der Waals surface area contributed by atoms with Crippen LogP contribution in [0.3, 0.4) is 0 Å². The first-order chi connectivity index (χ1) is 10.0. The zero-order valence-electron chi connectivity index (χ0n) is 11.6. The standard InChI is InChI=1S/C13H17N3O4S/c1-2-3-5-15-13(20)16-11(17)8-21-9-4-6-14-10(7-9)12(18)19/h4,6-7H,2-3,5,8H2,1H3,(H,18,19)(H2,15,16,17,20). The van der Waals surface area contributed by atoms with Gasteiger partial charge in [0.15, 0.2) is 0 Å². The highest BCUT2D eigenvalue weighted by Crippen LogP contribution is 2.17. The predicted octanol–water partition coefficient (Wildman–Crippen LogP) is 1.50. The largest absolute Gasteiger partial charge is 0.477 e. The highest BCUT2D eigenvalue weighted by atomic mass is 32.2. The molecule has 0 bridgehead atoms. The van der Waals surface area contributed by atoms with Gasteiger partial charge in [0.1, 0.15) is 5.69 Å². The van der Waals surface area contributed by atoms with Crippen molar-refractivity contribution in [2.75, 3.05) is 12.3 Å². The van der Waals surface area contributed by atoms with Crippen LogP contribution in [0.25, 0.3) is 0 Å². The molecule has 3 amide bonds. The van der Waals surface area contributed by atoms with E-state index < -0.39 is 17.9 Å². The predicted molar refractivity (Wildman–Crippen MR) is 78.4 cm³/mol. The second-order valence-corrected chi connectivity index (χ2v) is 5.18. The zero-order valence-corrected chi connectivity index (χ0v) is 12.4. The molecule has 0 unspecified atom stereocenters. The van der Waals surface area contributed by atoms with E-state index in [1.165, 1.54) is 12.3 Å². The van der Waals surface area contributed by atoms with Crippen LogP contribution in [-0.4, -0.2) is 40.3 Å². The van der Waals surface area contributed by atoms with E-state index in [2.05, 4.69) is 15.6 Å². The summed E-state index contributed by atoms with van der Waals surface area (Å²) >= 11 is 1.14. The van der Waals surface area contributed by atoms with Crippen molar-refractivity contribution in [2.45, 2.75) is 24.7 Å².